The lowest BCUT2D eigenvalue weighted by molar-refractivity contribution is 0.789. The van der Waals surface area contributed by atoms with Gasteiger partial charge < -0.3 is 15.5 Å². The fourth-order valence-corrected chi connectivity index (χ4v) is 4.22. The number of nitrogens with one attached hydrogen (secondary N) is 2. The molecule has 0 atom stereocenters. The summed E-state index contributed by atoms with van der Waals surface area (Å²) in [5.41, 5.74) is 5.03. The number of aryl methyl sites for hydroxylation is 2. The highest BCUT2D eigenvalue weighted by molar-refractivity contribution is 7.13. The van der Waals surface area contributed by atoms with Crippen LogP contribution in [0.15, 0.2) is 28.6 Å². The molecule has 1 fully saturated rings. The average Bonchev–Trinajstić information content (AvgIpc) is 3.32. The van der Waals surface area contributed by atoms with Crippen molar-refractivity contribution in [3.05, 3.63) is 46.0 Å². The second kappa shape index (κ2) is 9.74. The van der Waals surface area contributed by atoms with E-state index in [2.05, 4.69) is 59.9 Å². The van der Waals surface area contributed by atoms with Crippen molar-refractivity contribution in [2.45, 2.75) is 46.6 Å². The number of thiazole rings is 1. The van der Waals surface area contributed by atoms with Crippen LogP contribution in [0.5, 0.6) is 0 Å². The molecular weight excluding hydrogens is 354 g/mol. The van der Waals surface area contributed by atoms with Crippen LogP contribution >= 0.6 is 11.3 Å². The fourth-order valence-electron chi connectivity index (χ4n) is 3.30. The zero-order chi connectivity index (χ0) is 19.1. The zero-order valence-electron chi connectivity index (χ0n) is 16.7. The Hall–Kier alpha value is -2.08. The Labute approximate surface area is 166 Å². The fraction of sp³-hybridized carbons (Fsp3) is 0.524. The molecule has 1 aromatic heterocycles. The summed E-state index contributed by atoms with van der Waals surface area (Å²) >= 11 is 1.77. The first kappa shape index (κ1) is 19.7. The summed E-state index contributed by atoms with van der Waals surface area (Å²) in [6.07, 6.45) is 3.50. The number of nitrogens with zero attached hydrogens (tertiary/aromatic N) is 3. The van der Waals surface area contributed by atoms with Gasteiger partial charge in [0.1, 0.15) is 0 Å². The van der Waals surface area contributed by atoms with Crippen LogP contribution in [-0.2, 0) is 13.0 Å². The van der Waals surface area contributed by atoms with Crippen molar-refractivity contribution in [2.24, 2.45) is 4.99 Å². The number of guanidine groups is 1. The van der Waals surface area contributed by atoms with Gasteiger partial charge in [-0.2, -0.15) is 0 Å². The van der Waals surface area contributed by atoms with Crippen LogP contribution < -0.4 is 15.5 Å². The molecule has 146 valence electrons. The van der Waals surface area contributed by atoms with Gasteiger partial charge in [0, 0.05) is 38.0 Å². The average molecular weight is 386 g/mol. The first-order chi connectivity index (χ1) is 13.2. The highest BCUT2D eigenvalue weighted by atomic mass is 32.1. The number of aromatic nitrogens is 1. The maximum Gasteiger partial charge on any atom is 0.191 e. The largest absolute Gasteiger partial charge is 0.357 e. The van der Waals surface area contributed by atoms with Gasteiger partial charge in [0.15, 0.2) is 11.1 Å². The van der Waals surface area contributed by atoms with Crippen molar-refractivity contribution in [1.82, 2.24) is 15.6 Å². The van der Waals surface area contributed by atoms with E-state index in [-0.39, 0.29) is 0 Å². The summed E-state index contributed by atoms with van der Waals surface area (Å²) < 4.78 is 0. The topological polar surface area (TPSA) is 52.6 Å². The molecular formula is C21H31N5S. The van der Waals surface area contributed by atoms with Gasteiger partial charge in [-0.25, -0.2) is 9.98 Å². The van der Waals surface area contributed by atoms with Crippen molar-refractivity contribution in [3.8, 4) is 0 Å². The van der Waals surface area contributed by atoms with Crippen molar-refractivity contribution in [1.29, 1.82) is 0 Å². The Kier molecular flexibility index (Phi) is 7.10. The monoisotopic (exact) mass is 385 g/mol. The predicted octanol–water partition coefficient (Wildman–Crippen LogP) is 3.66. The molecule has 0 saturated carbocycles. The third-order valence-electron chi connectivity index (χ3n) is 4.84. The number of rotatable bonds is 7. The van der Waals surface area contributed by atoms with Gasteiger partial charge in [-0.15, -0.1) is 11.3 Å². The first-order valence-corrected chi connectivity index (χ1v) is 10.8. The molecule has 2 heterocycles. The minimum atomic E-state index is 0.692. The van der Waals surface area contributed by atoms with Crippen LogP contribution in [0.2, 0.25) is 0 Å². The molecule has 3 rings (SSSR count). The smallest absolute Gasteiger partial charge is 0.191 e. The summed E-state index contributed by atoms with van der Waals surface area (Å²) in [5.74, 6) is 0.868. The van der Waals surface area contributed by atoms with Crippen LogP contribution in [0, 0.1) is 13.8 Å². The first-order valence-electron chi connectivity index (χ1n) is 9.93. The molecule has 6 heteroatoms. The van der Waals surface area contributed by atoms with E-state index in [9.17, 15) is 0 Å². The van der Waals surface area contributed by atoms with E-state index in [0.29, 0.717) is 6.54 Å². The van der Waals surface area contributed by atoms with Gasteiger partial charge >= 0.3 is 0 Å². The van der Waals surface area contributed by atoms with Gasteiger partial charge in [-0.05, 0) is 44.7 Å². The molecule has 0 amide bonds. The van der Waals surface area contributed by atoms with Crippen LogP contribution in [0.25, 0.3) is 0 Å². The van der Waals surface area contributed by atoms with Gasteiger partial charge in [0.05, 0.1) is 12.2 Å². The van der Waals surface area contributed by atoms with Crippen LogP contribution in [0.1, 0.15) is 42.1 Å². The van der Waals surface area contributed by atoms with E-state index >= 15 is 0 Å². The number of benzene rings is 1. The molecule has 2 aromatic rings. The Morgan fingerprint density at radius 2 is 2.04 bits per heavy atom. The number of hydrogen-bond donors (Lipinski definition) is 2. The van der Waals surface area contributed by atoms with Crippen LogP contribution in [0.4, 0.5) is 5.13 Å². The zero-order valence-corrected chi connectivity index (χ0v) is 17.5. The van der Waals surface area contributed by atoms with Crippen LogP contribution in [-0.4, -0.2) is 37.1 Å². The molecule has 0 aliphatic carbocycles. The summed E-state index contributed by atoms with van der Waals surface area (Å²) in [6.45, 7) is 11.1. The summed E-state index contributed by atoms with van der Waals surface area (Å²) in [4.78, 5) is 11.9. The molecule has 1 saturated heterocycles. The highest BCUT2D eigenvalue weighted by Crippen LogP contribution is 2.24. The second-order valence-corrected chi connectivity index (χ2v) is 7.95. The molecule has 1 aliphatic heterocycles. The summed E-state index contributed by atoms with van der Waals surface area (Å²) in [7, 11) is 0. The molecule has 5 nitrogen and oxygen atoms in total. The Balaban J connectivity index is 1.51. The molecule has 0 spiro atoms. The van der Waals surface area contributed by atoms with E-state index in [1.54, 1.807) is 11.3 Å². The van der Waals surface area contributed by atoms with Crippen molar-refractivity contribution in [2.75, 3.05) is 31.1 Å². The molecule has 0 unspecified atom stereocenters. The standard InChI is InChI=1S/C21H31N5S/c1-4-22-20(24-14-18-8-7-16(2)13-17(18)3)23-10-9-19-15-27-21(25-19)26-11-5-6-12-26/h7-8,13,15H,4-6,9-12,14H2,1-3H3,(H2,22,23,24). The van der Waals surface area contributed by atoms with Crippen molar-refractivity contribution in [3.63, 3.8) is 0 Å². The number of anilines is 1. The van der Waals surface area contributed by atoms with E-state index in [0.717, 1.165) is 38.6 Å². The lowest BCUT2D eigenvalue weighted by Crippen LogP contribution is -2.38. The maximum absolute atomic E-state index is 4.79. The minimum absolute atomic E-state index is 0.692. The van der Waals surface area contributed by atoms with Gasteiger partial charge in [0.25, 0.3) is 0 Å². The summed E-state index contributed by atoms with van der Waals surface area (Å²) in [5, 5.41) is 10.1. The number of hydrogen-bond acceptors (Lipinski definition) is 4. The second-order valence-electron chi connectivity index (χ2n) is 7.12. The lowest BCUT2D eigenvalue weighted by atomic mass is 10.1. The van der Waals surface area contributed by atoms with Gasteiger partial charge in [-0.1, -0.05) is 23.8 Å². The predicted molar refractivity (Wildman–Crippen MR) is 116 cm³/mol. The van der Waals surface area contributed by atoms with Gasteiger partial charge in [0.2, 0.25) is 0 Å². The summed E-state index contributed by atoms with van der Waals surface area (Å²) in [6, 6.07) is 6.54. The molecule has 0 bridgehead atoms. The third-order valence-corrected chi connectivity index (χ3v) is 5.79. The Morgan fingerprint density at radius 3 is 2.78 bits per heavy atom. The van der Waals surface area contributed by atoms with Gasteiger partial charge in [-0.3, -0.25) is 0 Å². The third kappa shape index (κ3) is 5.70. The minimum Gasteiger partial charge on any atom is -0.357 e. The Bertz CT molecular complexity index is 762. The Morgan fingerprint density at radius 1 is 1.22 bits per heavy atom. The van der Waals surface area contributed by atoms with Crippen molar-refractivity contribution < 1.29 is 0 Å². The van der Waals surface area contributed by atoms with E-state index in [4.69, 9.17) is 9.98 Å². The number of aliphatic imine (C=N–C) groups is 1. The molecule has 2 N–H and O–H groups in total. The molecule has 0 radical (unpaired) electrons. The van der Waals surface area contributed by atoms with E-state index < -0.39 is 0 Å². The highest BCUT2D eigenvalue weighted by Gasteiger charge is 2.15. The van der Waals surface area contributed by atoms with E-state index in [1.165, 1.54) is 40.4 Å². The van der Waals surface area contributed by atoms with Crippen LogP contribution in [0.3, 0.4) is 0 Å². The quantitative estimate of drug-likeness (QED) is 0.564. The molecule has 1 aromatic carbocycles. The maximum atomic E-state index is 4.79. The molecule has 1 aliphatic rings. The normalized spacial score (nSPS) is 14.6. The SMILES string of the molecule is CCNC(=NCc1ccc(C)cc1C)NCCc1csc(N2CCCC2)n1. The van der Waals surface area contributed by atoms with Crippen molar-refractivity contribution >= 4 is 22.4 Å². The molecule has 27 heavy (non-hydrogen) atoms. The van der Waals surface area contributed by atoms with E-state index in [1.807, 2.05) is 0 Å². The lowest BCUT2D eigenvalue weighted by Gasteiger charge is -2.13.